The Hall–Kier alpha value is -0.930. The zero-order valence-electron chi connectivity index (χ0n) is 10.5. The van der Waals surface area contributed by atoms with Crippen LogP contribution in [0.1, 0.15) is 25.8 Å². The molecule has 0 heterocycles. The highest BCUT2D eigenvalue weighted by molar-refractivity contribution is 6.31. The molecule has 0 aliphatic carbocycles. The van der Waals surface area contributed by atoms with Gasteiger partial charge in [-0.25, -0.2) is 0 Å². The SMILES string of the molecule is COc1cc(CCCO)c(Cl)cc1OC(C)C. The third-order valence-electron chi connectivity index (χ3n) is 2.30. The predicted molar refractivity (Wildman–Crippen MR) is 69.2 cm³/mol. The van der Waals surface area contributed by atoms with Crippen LogP contribution in [0.2, 0.25) is 5.02 Å². The van der Waals surface area contributed by atoms with Gasteiger partial charge in [0.2, 0.25) is 0 Å². The number of halogens is 1. The number of methoxy groups -OCH3 is 1. The number of aryl methyl sites for hydroxylation is 1. The van der Waals surface area contributed by atoms with E-state index in [0.29, 0.717) is 22.9 Å². The first-order valence-electron chi connectivity index (χ1n) is 5.72. The minimum atomic E-state index is 0.0725. The van der Waals surface area contributed by atoms with Gasteiger partial charge in [0.15, 0.2) is 11.5 Å². The summed E-state index contributed by atoms with van der Waals surface area (Å²) in [6, 6.07) is 3.64. The molecule has 0 aliphatic heterocycles. The van der Waals surface area contributed by atoms with Crippen LogP contribution >= 0.6 is 11.6 Å². The van der Waals surface area contributed by atoms with Gasteiger partial charge in [-0.05, 0) is 38.3 Å². The smallest absolute Gasteiger partial charge is 0.163 e. The predicted octanol–water partition coefficient (Wildman–Crippen LogP) is 3.06. The molecule has 0 bridgehead atoms. The van der Waals surface area contributed by atoms with Crippen molar-refractivity contribution in [1.82, 2.24) is 0 Å². The lowest BCUT2D eigenvalue weighted by Gasteiger charge is -2.15. The highest BCUT2D eigenvalue weighted by Gasteiger charge is 2.11. The Morgan fingerprint density at radius 3 is 2.53 bits per heavy atom. The first kappa shape index (κ1) is 14.1. The molecule has 4 heteroatoms. The number of aliphatic hydroxyl groups excluding tert-OH is 1. The molecule has 0 unspecified atom stereocenters. The van der Waals surface area contributed by atoms with Gasteiger partial charge >= 0.3 is 0 Å². The van der Waals surface area contributed by atoms with Crippen molar-refractivity contribution in [2.45, 2.75) is 32.8 Å². The van der Waals surface area contributed by atoms with Crippen molar-refractivity contribution in [1.29, 1.82) is 0 Å². The van der Waals surface area contributed by atoms with Crippen LogP contribution in [0.3, 0.4) is 0 Å². The van der Waals surface area contributed by atoms with Gasteiger partial charge in [-0.1, -0.05) is 11.6 Å². The van der Waals surface area contributed by atoms with Crippen molar-refractivity contribution in [2.24, 2.45) is 0 Å². The van der Waals surface area contributed by atoms with Gasteiger partial charge in [-0.2, -0.15) is 0 Å². The fourth-order valence-corrected chi connectivity index (χ4v) is 1.79. The molecule has 0 amide bonds. The van der Waals surface area contributed by atoms with E-state index in [1.165, 1.54) is 0 Å². The van der Waals surface area contributed by atoms with Gasteiger partial charge in [-0.3, -0.25) is 0 Å². The average Bonchev–Trinajstić information content (AvgIpc) is 2.27. The molecule has 0 aromatic heterocycles. The molecule has 17 heavy (non-hydrogen) atoms. The van der Waals surface area contributed by atoms with Gasteiger partial charge in [0.1, 0.15) is 0 Å². The second-order valence-corrected chi connectivity index (χ2v) is 4.50. The van der Waals surface area contributed by atoms with Crippen LogP contribution in [0.4, 0.5) is 0 Å². The Bertz CT molecular complexity index is 364. The summed E-state index contributed by atoms with van der Waals surface area (Å²) in [6.07, 6.45) is 1.49. The summed E-state index contributed by atoms with van der Waals surface area (Å²) >= 11 is 6.16. The normalized spacial score (nSPS) is 10.7. The molecule has 3 nitrogen and oxygen atoms in total. The lowest BCUT2D eigenvalue weighted by Crippen LogP contribution is -2.07. The quantitative estimate of drug-likeness (QED) is 0.852. The van der Waals surface area contributed by atoms with Crippen molar-refractivity contribution < 1.29 is 14.6 Å². The van der Waals surface area contributed by atoms with E-state index in [4.69, 9.17) is 26.2 Å². The monoisotopic (exact) mass is 258 g/mol. The number of ether oxygens (including phenoxy) is 2. The number of hydrogen-bond acceptors (Lipinski definition) is 3. The summed E-state index contributed by atoms with van der Waals surface area (Å²) in [6.45, 7) is 4.06. The van der Waals surface area contributed by atoms with Crippen molar-refractivity contribution in [3.8, 4) is 11.5 Å². The first-order chi connectivity index (χ1) is 8.08. The van der Waals surface area contributed by atoms with Gasteiger partial charge < -0.3 is 14.6 Å². The second kappa shape index (κ2) is 6.72. The van der Waals surface area contributed by atoms with Gasteiger partial charge in [0.25, 0.3) is 0 Å². The largest absolute Gasteiger partial charge is 0.493 e. The van der Waals surface area contributed by atoms with E-state index >= 15 is 0 Å². The van der Waals surface area contributed by atoms with E-state index in [2.05, 4.69) is 0 Å². The van der Waals surface area contributed by atoms with Gasteiger partial charge in [0, 0.05) is 17.7 Å². The molecule has 1 rings (SSSR count). The molecule has 0 aliphatic rings. The molecule has 0 saturated heterocycles. The van der Waals surface area contributed by atoms with E-state index in [-0.39, 0.29) is 12.7 Å². The van der Waals surface area contributed by atoms with Crippen LogP contribution in [0.15, 0.2) is 12.1 Å². The molecular formula is C13H19ClO3. The van der Waals surface area contributed by atoms with Crippen LogP contribution < -0.4 is 9.47 Å². The highest BCUT2D eigenvalue weighted by atomic mass is 35.5. The summed E-state index contributed by atoms with van der Waals surface area (Å²) in [5, 5.41) is 9.47. The van der Waals surface area contributed by atoms with Crippen molar-refractivity contribution in [3.05, 3.63) is 22.7 Å². The van der Waals surface area contributed by atoms with Crippen LogP contribution in [0, 0.1) is 0 Å². The van der Waals surface area contributed by atoms with E-state index < -0.39 is 0 Å². The summed E-state index contributed by atoms with van der Waals surface area (Å²) < 4.78 is 10.9. The Morgan fingerprint density at radius 2 is 2.00 bits per heavy atom. The molecule has 96 valence electrons. The molecule has 0 atom stereocenters. The maximum Gasteiger partial charge on any atom is 0.163 e. The molecule has 0 fully saturated rings. The summed E-state index contributed by atoms with van der Waals surface area (Å²) in [4.78, 5) is 0. The second-order valence-electron chi connectivity index (χ2n) is 4.09. The minimum Gasteiger partial charge on any atom is -0.493 e. The van der Waals surface area contributed by atoms with Crippen LogP contribution in [0.5, 0.6) is 11.5 Å². The minimum absolute atomic E-state index is 0.0725. The lowest BCUT2D eigenvalue weighted by atomic mass is 10.1. The van der Waals surface area contributed by atoms with Gasteiger partial charge in [-0.15, -0.1) is 0 Å². The maximum atomic E-state index is 8.82. The Balaban J connectivity index is 2.97. The third kappa shape index (κ3) is 4.10. The Morgan fingerprint density at radius 1 is 1.29 bits per heavy atom. The van der Waals surface area contributed by atoms with Crippen LogP contribution in [-0.4, -0.2) is 24.9 Å². The molecule has 0 saturated carbocycles. The molecule has 0 radical (unpaired) electrons. The first-order valence-corrected chi connectivity index (χ1v) is 6.10. The number of aliphatic hydroxyl groups is 1. The molecule has 1 aromatic carbocycles. The number of benzene rings is 1. The van der Waals surface area contributed by atoms with Crippen LogP contribution in [-0.2, 0) is 6.42 Å². The Labute approximate surface area is 107 Å². The number of hydrogen-bond donors (Lipinski definition) is 1. The number of rotatable bonds is 6. The molecular weight excluding hydrogens is 240 g/mol. The fourth-order valence-electron chi connectivity index (χ4n) is 1.54. The third-order valence-corrected chi connectivity index (χ3v) is 2.65. The summed E-state index contributed by atoms with van der Waals surface area (Å²) in [5.74, 6) is 1.33. The summed E-state index contributed by atoms with van der Waals surface area (Å²) in [5.41, 5.74) is 0.966. The van der Waals surface area contributed by atoms with Crippen molar-refractivity contribution in [2.75, 3.05) is 13.7 Å². The van der Waals surface area contributed by atoms with Crippen molar-refractivity contribution in [3.63, 3.8) is 0 Å². The molecule has 0 spiro atoms. The van der Waals surface area contributed by atoms with E-state index in [1.807, 2.05) is 19.9 Å². The standard InChI is InChI=1S/C13H19ClO3/c1-9(2)17-13-8-11(14)10(5-4-6-15)7-12(13)16-3/h7-9,15H,4-6H2,1-3H3. The maximum absolute atomic E-state index is 8.82. The van der Waals surface area contributed by atoms with Crippen molar-refractivity contribution >= 4 is 11.6 Å². The fraction of sp³-hybridized carbons (Fsp3) is 0.538. The molecule has 1 N–H and O–H groups in total. The zero-order chi connectivity index (χ0) is 12.8. The Kier molecular flexibility index (Phi) is 5.59. The zero-order valence-corrected chi connectivity index (χ0v) is 11.3. The average molecular weight is 259 g/mol. The molecule has 1 aromatic rings. The lowest BCUT2D eigenvalue weighted by molar-refractivity contribution is 0.230. The topological polar surface area (TPSA) is 38.7 Å². The van der Waals surface area contributed by atoms with Gasteiger partial charge in [0.05, 0.1) is 13.2 Å². The summed E-state index contributed by atoms with van der Waals surface area (Å²) in [7, 11) is 1.60. The van der Waals surface area contributed by atoms with E-state index in [1.54, 1.807) is 13.2 Å². The van der Waals surface area contributed by atoms with E-state index in [9.17, 15) is 0 Å². The van der Waals surface area contributed by atoms with E-state index in [0.717, 1.165) is 12.0 Å². The van der Waals surface area contributed by atoms with Crippen LogP contribution in [0.25, 0.3) is 0 Å². The highest BCUT2D eigenvalue weighted by Crippen LogP contribution is 2.34.